The molecule has 1 saturated heterocycles. The van der Waals surface area contributed by atoms with Crippen molar-refractivity contribution in [3.8, 4) is 0 Å². The first-order chi connectivity index (χ1) is 9.66. The van der Waals surface area contributed by atoms with Crippen molar-refractivity contribution in [2.75, 3.05) is 7.05 Å². The van der Waals surface area contributed by atoms with Gasteiger partial charge in [0.1, 0.15) is 0 Å². The van der Waals surface area contributed by atoms with Crippen LogP contribution >= 0.6 is 0 Å². The molecule has 0 aliphatic carbocycles. The summed E-state index contributed by atoms with van der Waals surface area (Å²) in [4.78, 5) is 24.3. The molecule has 3 heteroatoms. The molecule has 1 aliphatic rings. The first kappa shape index (κ1) is 16.9. The van der Waals surface area contributed by atoms with Gasteiger partial charge in [0.25, 0.3) is 0 Å². The minimum Gasteiger partial charge on any atom is -0.285 e. The lowest BCUT2D eigenvalue weighted by molar-refractivity contribution is -0.137. The van der Waals surface area contributed by atoms with Crippen LogP contribution in [0.25, 0.3) is 0 Å². The quantitative estimate of drug-likeness (QED) is 0.343. The van der Waals surface area contributed by atoms with E-state index in [1.807, 2.05) is 0 Å². The number of allylic oxidation sites excluding steroid dienone is 2. The molecule has 1 heterocycles. The second-order valence-electron chi connectivity index (χ2n) is 5.81. The summed E-state index contributed by atoms with van der Waals surface area (Å²) in [5.41, 5.74) is 0. The Hall–Kier alpha value is -1.12. The highest BCUT2D eigenvalue weighted by molar-refractivity contribution is 6.03. The van der Waals surface area contributed by atoms with Gasteiger partial charge < -0.3 is 0 Å². The average molecular weight is 279 g/mol. The molecule has 1 aliphatic heterocycles. The van der Waals surface area contributed by atoms with Crippen LogP contribution in [0.2, 0.25) is 0 Å². The predicted octanol–water partition coefficient (Wildman–Crippen LogP) is 4.08. The number of carbonyl (C=O) groups is 2. The van der Waals surface area contributed by atoms with Crippen LogP contribution in [0.15, 0.2) is 12.2 Å². The molecule has 0 bridgehead atoms. The van der Waals surface area contributed by atoms with Crippen molar-refractivity contribution in [2.45, 2.75) is 71.1 Å². The Morgan fingerprint density at radius 3 is 2.30 bits per heavy atom. The van der Waals surface area contributed by atoms with E-state index in [9.17, 15) is 9.59 Å². The Morgan fingerprint density at radius 1 is 1.05 bits per heavy atom. The maximum Gasteiger partial charge on any atom is 0.232 e. The van der Waals surface area contributed by atoms with E-state index in [2.05, 4.69) is 19.1 Å². The maximum atomic E-state index is 11.7. The summed E-state index contributed by atoms with van der Waals surface area (Å²) in [5.74, 6) is -0.172. The van der Waals surface area contributed by atoms with Gasteiger partial charge in [-0.15, -0.1) is 0 Å². The molecule has 0 radical (unpaired) electrons. The first-order valence-electron chi connectivity index (χ1n) is 8.12. The Kier molecular flexibility index (Phi) is 8.24. The third-order valence-corrected chi connectivity index (χ3v) is 4.04. The highest BCUT2D eigenvalue weighted by atomic mass is 16.2. The van der Waals surface area contributed by atoms with E-state index in [1.165, 1.54) is 49.8 Å². The second kappa shape index (κ2) is 9.73. The summed E-state index contributed by atoms with van der Waals surface area (Å²) in [6.07, 6.45) is 15.7. The molecule has 1 rings (SSSR count). The van der Waals surface area contributed by atoms with E-state index in [0.717, 1.165) is 6.42 Å². The molecule has 3 nitrogen and oxygen atoms in total. The SMILES string of the molecule is CCCCCCCCCC=CCC1CC(=O)N(C)C1=O. The largest absolute Gasteiger partial charge is 0.285 e. The van der Waals surface area contributed by atoms with E-state index in [-0.39, 0.29) is 17.7 Å². The van der Waals surface area contributed by atoms with Crippen molar-refractivity contribution in [3.63, 3.8) is 0 Å². The van der Waals surface area contributed by atoms with Gasteiger partial charge in [0.05, 0.1) is 5.92 Å². The zero-order valence-corrected chi connectivity index (χ0v) is 13.1. The zero-order valence-electron chi connectivity index (χ0n) is 13.1. The molecule has 1 unspecified atom stereocenters. The lowest BCUT2D eigenvalue weighted by Crippen LogP contribution is -2.25. The molecule has 114 valence electrons. The average Bonchev–Trinajstić information content (AvgIpc) is 2.68. The van der Waals surface area contributed by atoms with Crippen molar-refractivity contribution in [1.82, 2.24) is 4.90 Å². The number of hydrogen-bond donors (Lipinski definition) is 0. The van der Waals surface area contributed by atoms with E-state index in [4.69, 9.17) is 0 Å². The van der Waals surface area contributed by atoms with Crippen LogP contribution in [0, 0.1) is 5.92 Å². The van der Waals surface area contributed by atoms with Gasteiger partial charge in [-0.2, -0.15) is 0 Å². The lowest BCUT2D eigenvalue weighted by atomic mass is 10.0. The highest BCUT2D eigenvalue weighted by Gasteiger charge is 2.34. The number of amides is 2. The summed E-state index contributed by atoms with van der Waals surface area (Å²) in [7, 11) is 1.58. The molecule has 0 aromatic rings. The first-order valence-corrected chi connectivity index (χ1v) is 8.12. The van der Waals surface area contributed by atoms with Gasteiger partial charge in [0.15, 0.2) is 0 Å². The Labute approximate surface area is 123 Å². The number of carbonyl (C=O) groups excluding carboxylic acids is 2. The number of hydrogen-bond acceptors (Lipinski definition) is 2. The van der Waals surface area contributed by atoms with Crippen molar-refractivity contribution < 1.29 is 9.59 Å². The number of nitrogens with zero attached hydrogens (tertiary/aromatic N) is 1. The van der Waals surface area contributed by atoms with E-state index >= 15 is 0 Å². The fraction of sp³-hybridized carbons (Fsp3) is 0.765. The molecule has 2 amide bonds. The monoisotopic (exact) mass is 279 g/mol. The molecular weight excluding hydrogens is 250 g/mol. The van der Waals surface area contributed by atoms with Crippen LogP contribution < -0.4 is 0 Å². The Balaban J connectivity index is 2.00. The van der Waals surface area contributed by atoms with E-state index < -0.39 is 0 Å². The van der Waals surface area contributed by atoms with Crippen LogP contribution in [-0.2, 0) is 9.59 Å². The smallest absolute Gasteiger partial charge is 0.232 e. The molecule has 20 heavy (non-hydrogen) atoms. The molecule has 0 aromatic carbocycles. The van der Waals surface area contributed by atoms with Crippen LogP contribution in [0.5, 0.6) is 0 Å². The van der Waals surface area contributed by atoms with Gasteiger partial charge in [-0.1, -0.05) is 57.6 Å². The lowest BCUT2D eigenvalue weighted by Gasteiger charge is -2.06. The van der Waals surface area contributed by atoms with Gasteiger partial charge in [0, 0.05) is 13.5 Å². The molecule has 0 N–H and O–H groups in total. The van der Waals surface area contributed by atoms with E-state index in [1.54, 1.807) is 7.05 Å². The predicted molar refractivity (Wildman–Crippen MR) is 82.3 cm³/mol. The standard InChI is InChI=1S/C17H29NO2/c1-3-4-5-6-7-8-9-10-11-12-13-15-14-16(19)18(2)17(15)20/h11-12,15H,3-10,13-14H2,1-2H3. The molecule has 0 saturated carbocycles. The fourth-order valence-electron chi connectivity index (χ4n) is 2.61. The van der Waals surface area contributed by atoms with Crippen molar-refractivity contribution >= 4 is 11.8 Å². The van der Waals surface area contributed by atoms with Crippen LogP contribution in [0.1, 0.15) is 71.1 Å². The number of likely N-dealkylation sites (tertiary alicyclic amines) is 1. The summed E-state index contributed by atoms with van der Waals surface area (Å²) in [6.45, 7) is 2.24. The topological polar surface area (TPSA) is 37.4 Å². The van der Waals surface area contributed by atoms with Crippen LogP contribution in [0.4, 0.5) is 0 Å². The van der Waals surface area contributed by atoms with Crippen LogP contribution in [0.3, 0.4) is 0 Å². The summed E-state index contributed by atoms with van der Waals surface area (Å²) in [5, 5.41) is 0. The number of unbranched alkanes of at least 4 members (excludes halogenated alkanes) is 7. The highest BCUT2D eigenvalue weighted by Crippen LogP contribution is 2.21. The minimum absolute atomic E-state index is 0.0180. The van der Waals surface area contributed by atoms with Crippen LogP contribution in [-0.4, -0.2) is 23.8 Å². The molecule has 0 aromatic heterocycles. The molecule has 0 spiro atoms. The van der Waals surface area contributed by atoms with Crippen molar-refractivity contribution in [3.05, 3.63) is 12.2 Å². The van der Waals surface area contributed by atoms with Crippen molar-refractivity contribution in [1.29, 1.82) is 0 Å². The summed E-state index contributed by atoms with van der Waals surface area (Å²) >= 11 is 0. The van der Waals surface area contributed by atoms with Gasteiger partial charge in [-0.3, -0.25) is 14.5 Å². The van der Waals surface area contributed by atoms with E-state index in [0.29, 0.717) is 12.8 Å². The molecule has 1 atom stereocenters. The Bertz CT molecular complexity index is 336. The second-order valence-corrected chi connectivity index (χ2v) is 5.81. The van der Waals surface area contributed by atoms with Gasteiger partial charge in [-0.25, -0.2) is 0 Å². The third-order valence-electron chi connectivity index (χ3n) is 4.04. The fourth-order valence-corrected chi connectivity index (χ4v) is 2.61. The number of rotatable bonds is 10. The Morgan fingerprint density at radius 2 is 1.70 bits per heavy atom. The van der Waals surface area contributed by atoms with Gasteiger partial charge in [0.2, 0.25) is 11.8 Å². The van der Waals surface area contributed by atoms with Gasteiger partial charge in [-0.05, 0) is 19.3 Å². The minimum atomic E-state index is -0.113. The van der Waals surface area contributed by atoms with Crippen molar-refractivity contribution in [2.24, 2.45) is 5.92 Å². The number of imide groups is 1. The maximum absolute atomic E-state index is 11.7. The normalized spacial score (nSPS) is 19.5. The summed E-state index contributed by atoms with van der Waals surface area (Å²) < 4.78 is 0. The zero-order chi connectivity index (χ0) is 14.8. The molecular formula is C17H29NO2. The van der Waals surface area contributed by atoms with Gasteiger partial charge >= 0.3 is 0 Å². The third kappa shape index (κ3) is 5.89. The summed E-state index contributed by atoms with van der Waals surface area (Å²) in [6, 6.07) is 0. The molecule has 1 fully saturated rings.